The van der Waals surface area contributed by atoms with Gasteiger partial charge in [0.2, 0.25) is 10.0 Å². The van der Waals surface area contributed by atoms with Crippen molar-refractivity contribution in [3.63, 3.8) is 0 Å². The van der Waals surface area contributed by atoms with Crippen LogP contribution in [-0.2, 0) is 10.0 Å². The van der Waals surface area contributed by atoms with Gasteiger partial charge < -0.3 is 5.32 Å². The summed E-state index contributed by atoms with van der Waals surface area (Å²) in [4.78, 5) is 11.3. The molecule has 2 atom stereocenters. The number of benzene rings is 1. The first-order valence-corrected chi connectivity index (χ1v) is 12.4. The van der Waals surface area contributed by atoms with E-state index >= 15 is 0 Å². The predicted molar refractivity (Wildman–Crippen MR) is 117 cm³/mol. The number of nitro benzene ring substituents is 1. The van der Waals surface area contributed by atoms with E-state index < -0.39 is 14.9 Å². The molecule has 1 aliphatic heterocycles. The highest BCUT2D eigenvalue weighted by Crippen LogP contribution is 2.35. The van der Waals surface area contributed by atoms with Gasteiger partial charge in [0.05, 0.1) is 15.9 Å². The minimum atomic E-state index is -3.75. The van der Waals surface area contributed by atoms with Crippen LogP contribution >= 0.6 is 0 Å². The molecule has 2 fully saturated rings. The van der Waals surface area contributed by atoms with Crippen LogP contribution in [0.3, 0.4) is 0 Å². The lowest BCUT2D eigenvalue weighted by atomic mass is 9.90. The third kappa shape index (κ3) is 4.74. The first kappa shape index (κ1) is 21.8. The maximum atomic E-state index is 13.1. The Morgan fingerprint density at radius 3 is 2.48 bits per heavy atom. The molecular formula is C21H29N5O4S. The molecular weight excluding hydrogens is 418 g/mol. The van der Waals surface area contributed by atoms with Crippen molar-refractivity contribution >= 4 is 21.4 Å². The van der Waals surface area contributed by atoms with Gasteiger partial charge in [-0.05, 0) is 43.9 Å². The van der Waals surface area contributed by atoms with Gasteiger partial charge in [-0.25, -0.2) is 8.42 Å². The van der Waals surface area contributed by atoms with Crippen molar-refractivity contribution in [2.45, 2.75) is 68.3 Å². The smallest absolute Gasteiger partial charge is 0.293 e. The molecule has 4 rings (SSSR count). The molecule has 1 saturated heterocycles. The summed E-state index contributed by atoms with van der Waals surface area (Å²) in [5.41, 5.74) is 0.143. The fourth-order valence-electron chi connectivity index (χ4n) is 4.65. The third-order valence-corrected chi connectivity index (χ3v) is 8.20. The van der Waals surface area contributed by atoms with Crippen LogP contribution in [0.25, 0.3) is 0 Å². The average Bonchev–Trinajstić information content (AvgIpc) is 3.15. The zero-order valence-electron chi connectivity index (χ0n) is 17.5. The molecule has 2 aliphatic rings. The summed E-state index contributed by atoms with van der Waals surface area (Å²) in [7, 11) is -3.75. The number of sulfonamides is 1. The van der Waals surface area contributed by atoms with Gasteiger partial charge in [-0.2, -0.15) is 9.40 Å². The van der Waals surface area contributed by atoms with Crippen LogP contribution < -0.4 is 5.32 Å². The maximum absolute atomic E-state index is 13.1. The SMILES string of the molecule is O=[N+]([O-])c1cc(S(=O)(=O)N2CCCCCC2)ccc1N[C@H]1CCCC[C@@H]1n1cccn1. The topological polar surface area (TPSA) is 110 Å². The molecule has 0 spiro atoms. The van der Waals surface area contributed by atoms with Gasteiger partial charge in [0.1, 0.15) is 5.69 Å². The van der Waals surface area contributed by atoms with Crippen LogP contribution in [0, 0.1) is 10.1 Å². The number of aromatic nitrogens is 2. The van der Waals surface area contributed by atoms with E-state index in [1.165, 1.54) is 22.5 Å². The summed E-state index contributed by atoms with van der Waals surface area (Å²) in [6, 6.07) is 6.19. The quantitative estimate of drug-likeness (QED) is 0.530. The highest BCUT2D eigenvalue weighted by molar-refractivity contribution is 7.89. The third-order valence-electron chi connectivity index (χ3n) is 6.30. The number of anilines is 1. The summed E-state index contributed by atoms with van der Waals surface area (Å²) >= 11 is 0. The Bertz CT molecular complexity index is 1000. The van der Waals surface area contributed by atoms with Crippen molar-refractivity contribution in [1.29, 1.82) is 0 Å². The van der Waals surface area contributed by atoms with Crippen LogP contribution in [0.1, 0.15) is 57.4 Å². The number of hydrogen-bond acceptors (Lipinski definition) is 6. The Balaban J connectivity index is 1.61. The Kier molecular flexibility index (Phi) is 6.57. The van der Waals surface area contributed by atoms with Gasteiger partial charge in [0.15, 0.2) is 0 Å². The van der Waals surface area contributed by atoms with Crippen LogP contribution in [0.15, 0.2) is 41.6 Å². The maximum Gasteiger partial charge on any atom is 0.293 e. The van der Waals surface area contributed by atoms with Gasteiger partial charge in [-0.1, -0.05) is 25.7 Å². The molecule has 31 heavy (non-hydrogen) atoms. The zero-order valence-corrected chi connectivity index (χ0v) is 18.3. The van der Waals surface area contributed by atoms with E-state index in [0.29, 0.717) is 18.8 Å². The van der Waals surface area contributed by atoms with Crippen molar-refractivity contribution < 1.29 is 13.3 Å². The number of rotatable bonds is 6. The fraction of sp³-hybridized carbons (Fsp3) is 0.571. The lowest BCUT2D eigenvalue weighted by Crippen LogP contribution is -2.35. The van der Waals surface area contributed by atoms with Gasteiger partial charge >= 0.3 is 0 Å². The largest absolute Gasteiger partial charge is 0.375 e. The summed E-state index contributed by atoms with van der Waals surface area (Å²) in [5.74, 6) is 0. The minimum absolute atomic E-state index is 0.0135. The standard InChI is InChI=1S/C21H29N5O4S/c27-26(28)21-16-17(31(29,30)24-13-5-1-2-6-14-24)10-11-19(21)23-18-8-3-4-9-20(18)25-15-7-12-22-25/h7,10-12,15-16,18,20,23H,1-6,8-9,13-14H2/t18-,20-/m0/s1. The Labute approximate surface area is 182 Å². The molecule has 0 radical (unpaired) electrons. The molecule has 0 bridgehead atoms. The van der Waals surface area contributed by atoms with Gasteiger partial charge in [-0.15, -0.1) is 0 Å². The van der Waals surface area contributed by atoms with Crippen LogP contribution in [-0.4, -0.2) is 46.6 Å². The van der Waals surface area contributed by atoms with Crippen molar-refractivity contribution in [3.8, 4) is 0 Å². The fourth-order valence-corrected chi connectivity index (χ4v) is 6.19. The van der Waals surface area contributed by atoms with Crippen LogP contribution in [0.4, 0.5) is 11.4 Å². The Morgan fingerprint density at radius 1 is 1.06 bits per heavy atom. The van der Waals surface area contributed by atoms with Crippen LogP contribution in [0.5, 0.6) is 0 Å². The van der Waals surface area contributed by atoms with Gasteiger partial charge in [0.25, 0.3) is 5.69 Å². The van der Waals surface area contributed by atoms with Crippen molar-refractivity contribution in [2.24, 2.45) is 0 Å². The predicted octanol–water partition coefficient (Wildman–Crippen LogP) is 3.95. The number of hydrogen-bond donors (Lipinski definition) is 1. The molecule has 9 nitrogen and oxygen atoms in total. The summed E-state index contributed by atoms with van der Waals surface area (Å²) in [6.07, 6.45) is 11.2. The summed E-state index contributed by atoms with van der Waals surface area (Å²) < 4.78 is 29.6. The number of nitrogens with zero attached hydrogens (tertiary/aromatic N) is 4. The van der Waals surface area contributed by atoms with Gasteiger partial charge in [0, 0.05) is 37.6 Å². The van der Waals surface area contributed by atoms with Crippen molar-refractivity contribution in [1.82, 2.24) is 14.1 Å². The molecule has 0 amide bonds. The van der Waals surface area contributed by atoms with Crippen molar-refractivity contribution in [2.75, 3.05) is 18.4 Å². The van der Waals surface area contributed by atoms with E-state index in [2.05, 4.69) is 10.4 Å². The Hall–Kier alpha value is -2.46. The van der Waals surface area contributed by atoms with E-state index in [1.807, 2.05) is 16.9 Å². The highest BCUT2D eigenvalue weighted by Gasteiger charge is 2.31. The highest BCUT2D eigenvalue weighted by atomic mass is 32.2. The lowest BCUT2D eigenvalue weighted by Gasteiger charge is -2.33. The summed E-state index contributed by atoms with van der Waals surface area (Å²) in [6.45, 7) is 0.924. The monoisotopic (exact) mass is 447 g/mol. The Morgan fingerprint density at radius 2 is 1.81 bits per heavy atom. The normalized spacial score (nSPS) is 23.2. The van der Waals surface area contributed by atoms with E-state index in [0.717, 1.165) is 51.4 Å². The minimum Gasteiger partial charge on any atom is -0.375 e. The zero-order chi connectivity index (χ0) is 21.8. The molecule has 1 aromatic heterocycles. The summed E-state index contributed by atoms with van der Waals surface area (Å²) in [5, 5.41) is 19.5. The molecule has 168 valence electrons. The second-order valence-electron chi connectivity index (χ2n) is 8.34. The van der Waals surface area contributed by atoms with Crippen molar-refractivity contribution in [3.05, 3.63) is 46.8 Å². The number of nitrogens with one attached hydrogen (secondary N) is 1. The molecule has 1 aromatic carbocycles. The molecule has 1 N–H and O–H groups in total. The molecule has 1 aliphatic carbocycles. The molecule has 10 heteroatoms. The molecule has 2 aromatic rings. The first-order chi connectivity index (χ1) is 15.0. The molecule has 2 heterocycles. The van der Waals surface area contributed by atoms with E-state index in [-0.39, 0.29) is 22.7 Å². The molecule has 1 saturated carbocycles. The van der Waals surface area contributed by atoms with E-state index in [4.69, 9.17) is 0 Å². The van der Waals surface area contributed by atoms with E-state index in [1.54, 1.807) is 6.20 Å². The number of nitro groups is 1. The van der Waals surface area contributed by atoms with E-state index in [9.17, 15) is 18.5 Å². The lowest BCUT2D eigenvalue weighted by molar-refractivity contribution is -0.384. The molecule has 0 unspecified atom stereocenters. The van der Waals surface area contributed by atoms with Gasteiger partial charge in [-0.3, -0.25) is 14.8 Å². The second kappa shape index (κ2) is 9.35. The second-order valence-corrected chi connectivity index (χ2v) is 10.3. The van der Waals surface area contributed by atoms with Crippen LogP contribution in [0.2, 0.25) is 0 Å². The first-order valence-electron chi connectivity index (χ1n) is 11.0. The average molecular weight is 448 g/mol.